The van der Waals surface area contributed by atoms with Crippen LogP contribution in [0.15, 0.2) is 18.3 Å². The lowest BCUT2D eigenvalue weighted by Crippen LogP contribution is -2.16. The smallest absolute Gasteiger partial charge is 0.385 e. The fourth-order valence-corrected chi connectivity index (χ4v) is 1.02. The number of primary amides is 1. The second kappa shape index (κ2) is 4.82. The summed E-state index contributed by atoms with van der Waals surface area (Å²) in [6.45, 7) is -0.258. The summed E-state index contributed by atoms with van der Waals surface area (Å²) < 4.78 is 35.5. The highest BCUT2D eigenvalue weighted by Crippen LogP contribution is 2.19. The van der Waals surface area contributed by atoms with Crippen molar-refractivity contribution in [2.75, 3.05) is 11.9 Å². The third kappa shape index (κ3) is 4.16. The lowest BCUT2D eigenvalue weighted by molar-refractivity contribution is -0.131. The molecule has 1 rings (SSSR count). The molecule has 0 bridgehead atoms. The summed E-state index contributed by atoms with van der Waals surface area (Å²) in [7, 11) is 0. The minimum atomic E-state index is -4.20. The maximum absolute atomic E-state index is 11.8. The van der Waals surface area contributed by atoms with Crippen LogP contribution >= 0.6 is 0 Å². The molecular formula is C9H10F3N3O. The van der Waals surface area contributed by atoms with E-state index in [1.807, 2.05) is 0 Å². The van der Waals surface area contributed by atoms with Gasteiger partial charge in [-0.2, -0.15) is 13.2 Å². The van der Waals surface area contributed by atoms with Gasteiger partial charge in [-0.3, -0.25) is 9.78 Å². The maximum Gasteiger partial charge on any atom is 0.390 e. The minimum absolute atomic E-state index is 0.0111. The standard InChI is InChI=1S/C9H10F3N3O/c10-9(11,12)2-4-14-6-1-3-15-7(5-6)8(13)16/h1,3,5H,2,4H2,(H2,13,16)(H,14,15). The number of pyridine rings is 1. The molecule has 1 aromatic heterocycles. The molecule has 16 heavy (non-hydrogen) atoms. The van der Waals surface area contributed by atoms with Crippen LogP contribution < -0.4 is 11.1 Å². The van der Waals surface area contributed by atoms with Gasteiger partial charge in [-0.15, -0.1) is 0 Å². The SMILES string of the molecule is NC(=O)c1cc(NCCC(F)(F)F)ccn1. The number of carbonyl (C=O) groups excluding carboxylic acids is 1. The highest BCUT2D eigenvalue weighted by atomic mass is 19.4. The number of rotatable bonds is 4. The molecular weight excluding hydrogens is 223 g/mol. The van der Waals surface area contributed by atoms with Crippen molar-refractivity contribution in [3.05, 3.63) is 24.0 Å². The molecule has 0 aliphatic rings. The lowest BCUT2D eigenvalue weighted by Gasteiger charge is -2.08. The molecule has 1 aromatic rings. The monoisotopic (exact) mass is 233 g/mol. The Hall–Kier alpha value is -1.79. The zero-order chi connectivity index (χ0) is 12.2. The quantitative estimate of drug-likeness (QED) is 0.828. The van der Waals surface area contributed by atoms with Crippen LogP contribution in [0.3, 0.4) is 0 Å². The molecule has 1 amide bonds. The molecule has 3 N–H and O–H groups in total. The molecule has 0 radical (unpaired) electrons. The van der Waals surface area contributed by atoms with Crippen molar-refractivity contribution >= 4 is 11.6 Å². The number of amides is 1. The van der Waals surface area contributed by atoms with Gasteiger partial charge in [0.2, 0.25) is 0 Å². The Kier molecular flexibility index (Phi) is 3.70. The van der Waals surface area contributed by atoms with E-state index in [2.05, 4.69) is 10.3 Å². The Bertz CT molecular complexity index is 379. The molecule has 7 heteroatoms. The van der Waals surface area contributed by atoms with Gasteiger partial charge >= 0.3 is 6.18 Å². The first-order valence-corrected chi connectivity index (χ1v) is 4.45. The maximum atomic E-state index is 11.8. The number of nitrogens with one attached hydrogen (secondary N) is 1. The van der Waals surface area contributed by atoms with Crippen LogP contribution in [0.4, 0.5) is 18.9 Å². The van der Waals surface area contributed by atoms with Crippen molar-refractivity contribution in [1.29, 1.82) is 0 Å². The van der Waals surface area contributed by atoms with Crippen molar-refractivity contribution in [2.24, 2.45) is 5.73 Å². The third-order valence-electron chi connectivity index (χ3n) is 1.75. The second-order valence-electron chi connectivity index (χ2n) is 3.09. The minimum Gasteiger partial charge on any atom is -0.385 e. The van der Waals surface area contributed by atoms with Crippen LogP contribution in [0.2, 0.25) is 0 Å². The van der Waals surface area contributed by atoms with Crippen LogP contribution in [0.1, 0.15) is 16.9 Å². The predicted octanol–water partition coefficient (Wildman–Crippen LogP) is 1.54. The van der Waals surface area contributed by atoms with E-state index < -0.39 is 18.5 Å². The van der Waals surface area contributed by atoms with Crippen molar-refractivity contribution in [3.8, 4) is 0 Å². The number of hydrogen-bond acceptors (Lipinski definition) is 3. The van der Waals surface area contributed by atoms with E-state index in [4.69, 9.17) is 5.73 Å². The van der Waals surface area contributed by atoms with Crippen molar-refractivity contribution in [3.63, 3.8) is 0 Å². The average molecular weight is 233 g/mol. The third-order valence-corrected chi connectivity index (χ3v) is 1.75. The van der Waals surface area contributed by atoms with Gasteiger partial charge in [0.15, 0.2) is 0 Å². The van der Waals surface area contributed by atoms with E-state index in [1.54, 1.807) is 0 Å². The van der Waals surface area contributed by atoms with Crippen molar-refractivity contribution in [1.82, 2.24) is 4.98 Å². The van der Waals surface area contributed by atoms with Crippen molar-refractivity contribution < 1.29 is 18.0 Å². The van der Waals surface area contributed by atoms with Gasteiger partial charge in [0.05, 0.1) is 6.42 Å². The molecule has 0 aliphatic heterocycles. The number of hydrogen-bond donors (Lipinski definition) is 2. The first-order valence-electron chi connectivity index (χ1n) is 4.45. The van der Waals surface area contributed by atoms with Crippen LogP contribution in [-0.2, 0) is 0 Å². The van der Waals surface area contributed by atoms with Crippen molar-refractivity contribution in [2.45, 2.75) is 12.6 Å². The zero-order valence-electron chi connectivity index (χ0n) is 8.21. The van der Waals surface area contributed by atoms with E-state index >= 15 is 0 Å². The molecule has 88 valence electrons. The number of nitrogens with two attached hydrogens (primary N) is 1. The van der Waals surface area contributed by atoms with E-state index in [9.17, 15) is 18.0 Å². The molecule has 0 aliphatic carbocycles. The molecule has 0 aromatic carbocycles. The van der Waals surface area contributed by atoms with Gasteiger partial charge in [-0.1, -0.05) is 0 Å². The Morgan fingerprint density at radius 1 is 1.50 bits per heavy atom. The van der Waals surface area contributed by atoms with Crippen LogP contribution in [0.5, 0.6) is 0 Å². The van der Waals surface area contributed by atoms with Gasteiger partial charge in [0.25, 0.3) is 5.91 Å². The van der Waals surface area contributed by atoms with E-state index in [0.29, 0.717) is 5.69 Å². The molecule has 0 fully saturated rings. The largest absolute Gasteiger partial charge is 0.390 e. The molecule has 4 nitrogen and oxygen atoms in total. The molecule has 0 saturated carbocycles. The van der Waals surface area contributed by atoms with Crippen LogP contribution in [-0.4, -0.2) is 23.6 Å². The van der Waals surface area contributed by atoms with Crippen LogP contribution in [0.25, 0.3) is 0 Å². The summed E-state index contributed by atoms with van der Waals surface area (Å²) >= 11 is 0. The molecule has 0 atom stereocenters. The molecule has 0 spiro atoms. The molecule has 0 saturated heterocycles. The predicted molar refractivity (Wildman–Crippen MR) is 51.9 cm³/mol. The fourth-order valence-electron chi connectivity index (χ4n) is 1.02. The number of nitrogens with zero attached hydrogens (tertiary/aromatic N) is 1. The summed E-state index contributed by atoms with van der Waals surface area (Å²) in [5.41, 5.74) is 5.36. The van der Waals surface area contributed by atoms with E-state index in [-0.39, 0.29) is 12.2 Å². The van der Waals surface area contributed by atoms with Gasteiger partial charge in [-0.25, -0.2) is 0 Å². The summed E-state index contributed by atoms with van der Waals surface area (Å²) in [6.07, 6.45) is -3.84. The second-order valence-corrected chi connectivity index (χ2v) is 3.09. The first-order chi connectivity index (χ1) is 7.38. The lowest BCUT2D eigenvalue weighted by atomic mass is 10.3. The van der Waals surface area contributed by atoms with Gasteiger partial charge in [0, 0.05) is 18.4 Å². The number of aromatic nitrogens is 1. The topological polar surface area (TPSA) is 68.0 Å². The first kappa shape index (κ1) is 12.3. The Balaban J connectivity index is 2.55. The van der Waals surface area contributed by atoms with E-state index in [0.717, 1.165) is 0 Å². The Morgan fingerprint density at radius 2 is 2.19 bits per heavy atom. The summed E-state index contributed by atoms with van der Waals surface area (Å²) in [6, 6.07) is 2.77. The van der Waals surface area contributed by atoms with E-state index in [1.165, 1.54) is 18.3 Å². The molecule has 0 unspecified atom stereocenters. The van der Waals surface area contributed by atoms with Gasteiger partial charge in [-0.05, 0) is 12.1 Å². The molecule has 1 heterocycles. The Labute approximate surface area is 89.7 Å². The highest BCUT2D eigenvalue weighted by Gasteiger charge is 2.26. The van der Waals surface area contributed by atoms with Gasteiger partial charge in [0.1, 0.15) is 5.69 Å². The van der Waals surface area contributed by atoms with Crippen LogP contribution in [0, 0.1) is 0 Å². The summed E-state index contributed by atoms with van der Waals surface area (Å²) in [5.74, 6) is -0.723. The zero-order valence-corrected chi connectivity index (χ0v) is 8.21. The number of carbonyl (C=O) groups is 1. The number of halogens is 3. The highest BCUT2D eigenvalue weighted by molar-refractivity contribution is 5.91. The number of anilines is 1. The Morgan fingerprint density at radius 3 is 2.75 bits per heavy atom. The number of alkyl halides is 3. The fraction of sp³-hybridized carbons (Fsp3) is 0.333. The average Bonchev–Trinajstić information content (AvgIpc) is 2.16. The normalized spacial score (nSPS) is 11.2. The summed E-state index contributed by atoms with van der Waals surface area (Å²) in [5, 5.41) is 2.53. The van der Waals surface area contributed by atoms with Gasteiger partial charge < -0.3 is 11.1 Å². The summed E-state index contributed by atoms with van der Waals surface area (Å²) in [4.78, 5) is 14.4.